The van der Waals surface area contributed by atoms with Gasteiger partial charge in [0, 0.05) is 19.1 Å². The first-order valence-corrected chi connectivity index (χ1v) is 4.60. The maximum Gasteiger partial charge on any atom is 0.282 e. The molecule has 0 bridgehead atoms. The first kappa shape index (κ1) is 12.7. The van der Waals surface area contributed by atoms with Gasteiger partial charge in [0.25, 0.3) is 5.92 Å². The van der Waals surface area contributed by atoms with Crippen LogP contribution in [0.4, 0.5) is 17.6 Å². The van der Waals surface area contributed by atoms with E-state index in [0.717, 1.165) is 0 Å². The average Bonchev–Trinajstić information content (AvgIpc) is 2.01. The molecular formula is C7H10F4OS. The topological polar surface area (TPSA) is 17.1 Å². The molecule has 0 aromatic heterocycles. The van der Waals surface area contributed by atoms with Crippen LogP contribution in [0.25, 0.3) is 0 Å². The van der Waals surface area contributed by atoms with E-state index in [2.05, 4.69) is 0 Å². The monoisotopic (exact) mass is 218 g/mol. The van der Waals surface area contributed by atoms with Crippen molar-refractivity contribution in [2.45, 2.75) is 25.4 Å². The van der Waals surface area contributed by atoms with Crippen LogP contribution in [-0.2, 0) is 4.79 Å². The summed E-state index contributed by atoms with van der Waals surface area (Å²) in [5.74, 6) is -3.86. The predicted octanol–water partition coefficient (Wildman–Crippen LogP) is 2.60. The van der Waals surface area contributed by atoms with Gasteiger partial charge < -0.3 is 0 Å². The zero-order chi connectivity index (χ0) is 10.5. The summed E-state index contributed by atoms with van der Waals surface area (Å²) >= 11 is 0.678. The molecule has 0 aromatic rings. The molecule has 0 fully saturated rings. The molecule has 0 spiro atoms. The highest BCUT2D eigenvalue weighted by Crippen LogP contribution is 2.27. The first-order chi connectivity index (χ1) is 5.90. The van der Waals surface area contributed by atoms with Crippen LogP contribution in [0.15, 0.2) is 0 Å². The lowest BCUT2D eigenvalue weighted by atomic mass is 10.2. The van der Waals surface area contributed by atoms with Crippen LogP contribution in [0.1, 0.15) is 13.3 Å². The van der Waals surface area contributed by atoms with Crippen molar-refractivity contribution in [3.8, 4) is 0 Å². The Kier molecular flexibility index (Phi) is 5.36. The van der Waals surface area contributed by atoms with Gasteiger partial charge in [0.1, 0.15) is 6.67 Å². The molecule has 0 aliphatic heterocycles. The molecule has 1 atom stereocenters. The molecule has 78 valence electrons. The molecular weight excluding hydrogens is 208 g/mol. The highest BCUT2D eigenvalue weighted by Gasteiger charge is 2.39. The second-order valence-corrected chi connectivity index (χ2v) is 3.74. The van der Waals surface area contributed by atoms with Crippen LogP contribution in [0.5, 0.6) is 0 Å². The van der Waals surface area contributed by atoms with E-state index in [-0.39, 0.29) is 10.9 Å². The molecule has 0 saturated heterocycles. The van der Waals surface area contributed by atoms with Gasteiger partial charge in [0.05, 0.1) is 0 Å². The fraction of sp³-hybridized carbons (Fsp3) is 0.857. The van der Waals surface area contributed by atoms with Gasteiger partial charge >= 0.3 is 0 Å². The largest absolute Gasteiger partial charge is 0.288 e. The number of hydrogen-bond acceptors (Lipinski definition) is 2. The number of thioether (sulfide) groups is 1. The fourth-order valence-electron chi connectivity index (χ4n) is 0.600. The van der Waals surface area contributed by atoms with Crippen molar-refractivity contribution >= 4 is 16.9 Å². The maximum absolute atomic E-state index is 12.5. The van der Waals surface area contributed by atoms with Crippen LogP contribution in [0.3, 0.4) is 0 Å². The Balaban J connectivity index is 3.81. The Morgan fingerprint density at radius 3 is 2.46 bits per heavy atom. The van der Waals surface area contributed by atoms with Gasteiger partial charge in [-0.1, -0.05) is 11.8 Å². The molecule has 0 aromatic carbocycles. The molecule has 0 radical (unpaired) electrons. The van der Waals surface area contributed by atoms with Gasteiger partial charge in [0.2, 0.25) is 0 Å². The van der Waals surface area contributed by atoms with Gasteiger partial charge in [-0.25, -0.2) is 17.6 Å². The molecule has 0 rings (SSSR count). The summed E-state index contributed by atoms with van der Waals surface area (Å²) in [5, 5.41) is -0.313. The van der Waals surface area contributed by atoms with Gasteiger partial charge in [-0.05, 0) is 0 Å². The van der Waals surface area contributed by atoms with E-state index >= 15 is 0 Å². The van der Waals surface area contributed by atoms with E-state index in [4.69, 9.17) is 0 Å². The zero-order valence-electron chi connectivity index (χ0n) is 7.03. The second kappa shape index (κ2) is 5.47. The molecule has 6 heteroatoms. The fourth-order valence-corrected chi connectivity index (χ4v) is 1.26. The van der Waals surface area contributed by atoms with E-state index in [9.17, 15) is 22.4 Å². The van der Waals surface area contributed by atoms with Crippen LogP contribution in [-0.4, -0.2) is 29.6 Å². The predicted molar refractivity (Wildman–Crippen MR) is 43.6 cm³/mol. The van der Waals surface area contributed by atoms with Crippen molar-refractivity contribution in [3.05, 3.63) is 0 Å². The SMILES string of the molecule is CC(=O)SCCC(F)(F)C(F)CF. The molecule has 13 heavy (non-hydrogen) atoms. The van der Waals surface area contributed by atoms with Crippen molar-refractivity contribution < 1.29 is 22.4 Å². The van der Waals surface area contributed by atoms with Crippen molar-refractivity contribution in [2.24, 2.45) is 0 Å². The van der Waals surface area contributed by atoms with Crippen LogP contribution in [0, 0.1) is 0 Å². The quantitative estimate of drug-likeness (QED) is 0.660. The van der Waals surface area contributed by atoms with Crippen LogP contribution < -0.4 is 0 Å². The summed E-state index contributed by atoms with van der Waals surface area (Å²) in [5.41, 5.74) is 0. The third kappa shape index (κ3) is 5.13. The Bertz CT molecular complexity index is 174. The first-order valence-electron chi connectivity index (χ1n) is 3.61. The van der Waals surface area contributed by atoms with Crippen molar-refractivity contribution in [2.75, 3.05) is 12.4 Å². The summed E-state index contributed by atoms with van der Waals surface area (Å²) in [4.78, 5) is 10.3. The molecule has 0 aliphatic carbocycles. The van der Waals surface area contributed by atoms with Crippen molar-refractivity contribution in [3.63, 3.8) is 0 Å². The average molecular weight is 218 g/mol. The molecule has 0 aliphatic rings. The molecule has 0 saturated carbocycles. The van der Waals surface area contributed by atoms with Crippen molar-refractivity contribution in [1.82, 2.24) is 0 Å². The molecule has 1 unspecified atom stereocenters. The van der Waals surface area contributed by atoms with Crippen molar-refractivity contribution in [1.29, 1.82) is 0 Å². The minimum atomic E-state index is -3.67. The molecule has 1 nitrogen and oxygen atoms in total. The van der Waals surface area contributed by atoms with E-state index in [1.807, 2.05) is 0 Å². The summed E-state index contributed by atoms with van der Waals surface area (Å²) in [6.45, 7) is -0.470. The minimum absolute atomic E-state index is 0.192. The number of carbonyl (C=O) groups is 1. The number of carbonyl (C=O) groups excluding carboxylic acids is 1. The highest BCUT2D eigenvalue weighted by molar-refractivity contribution is 8.13. The number of rotatable bonds is 5. The maximum atomic E-state index is 12.5. The zero-order valence-corrected chi connectivity index (χ0v) is 7.84. The van der Waals surface area contributed by atoms with E-state index in [1.165, 1.54) is 6.92 Å². The molecule has 0 N–H and O–H groups in total. The second-order valence-electron chi connectivity index (χ2n) is 2.47. The lowest BCUT2D eigenvalue weighted by molar-refractivity contribution is -0.109. The Hall–Kier alpha value is -0.260. The minimum Gasteiger partial charge on any atom is -0.288 e. The van der Waals surface area contributed by atoms with Crippen LogP contribution >= 0.6 is 11.8 Å². The number of alkyl halides is 4. The normalized spacial score (nSPS) is 14.2. The standard InChI is InChI=1S/C7H10F4OS/c1-5(12)13-3-2-7(10,11)6(9)4-8/h6H,2-4H2,1H3. The van der Waals surface area contributed by atoms with Gasteiger partial charge in [0.15, 0.2) is 11.3 Å². The van der Waals surface area contributed by atoms with E-state index in [1.54, 1.807) is 0 Å². The van der Waals surface area contributed by atoms with Gasteiger partial charge in [-0.2, -0.15) is 0 Å². The van der Waals surface area contributed by atoms with E-state index < -0.39 is 25.2 Å². The number of halogens is 4. The molecule has 0 heterocycles. The molecule has 0 amide bonds. The number of hydrogen-bond donors (Lipinski definition) is 0. The summed E-state index contributed by atoms with van der Waals surface area (Å²) in [6, 6.07) is 0. The summed E-state index contributed by atoms with van der Waals surface area (Å²) in [6.07, 6.45) is -3.58. The van der Waals surface area contributed by atoms with Gasteiger partial charge in [-0.3, -0.25) is 4.79 Å². The summed E-state index contributed by atoms with van der Waals surface area (Å²) < 4.78 is 48.8. The lowest BCUT2D eigenvalue weighted by Crippen LogP contribution is -2.32. The Morgan fingerprint density at radius 2 is 2.08 bits per heavy atom. The lowest BCUT2D eigenvalue weighted by Gasteiger charge is -2.17. The van der Waals surface area contributed by atoms with E-state index in [0.29, 0.717) is 11.8 Å². The third-order valence-electron chi connectivity index (χ3n) is 1.33. The van der Waals surface area contributed by atoms with Crippen LogP contribution in [0.2, 0.25) is 0 Å². The van der Waals surface area contributed by atoms with Gasteiger partial charge in [-0.15, -0.1) is 0 Å². The third-order valence-corrected chi connectivity index (χ3v) is 2.15. The Labute approximate surface area is 77.9 Å². The summed E-state index contributed by atoms with van der Waals surface area (Å²) in [7, 11) is 0. The Morgan fingerprint density at radius 1 is 1.54 bits per heavy atom. The smallest absolute Gasteiger partial charge is 0.282 e. The highest BCUT2D eigenvalue weighted by atomic mass is 32.2.